The van der Waals surface area contributed by atoms with Crippen LogP contribution in [0.15, 0.2) is 90.0 Å². The first kappa shape index (κ1) is 41.2. The molecule has 0 aliphatic carbocycles. The van der Waals surface area contributed by atoms with Gasteiger partial charge in [-0.2, -0.15) is 13.2 Å². The number of alkyl halides is 3. The van der Waals surface area contributed by atoms with E-state index < -0.39 is 31.6 Å². The zero-order chi connectivity index (χ0) is 36.8. The summed E-state index contributed by atoms with van der Waals surface area (Å²) in [4.78, 5) is 26.3. The lowest BCUT2D eigenvalue weighted by atomic mass is 10.2. The van der Waals surface area contributed by atoms with Gasteiger partial charge in [-0.05, 0) is 55.5 Å². The second-order valence-electron chi connectivity index (χ2n) is 9.64. The van der Waals surface area contributed by atoms with E-state index in [4.69, 9.17) is 49.2 Å². The third kappa shape index (κ3) is 15.5. The summed E-state index contributed by atoms with van der Waals surface area (Å²) in [5.41, 5.74) is 13.3. The third-order valence-electron chi connectivity index (χ3n) is 5.99. The number of benzene rings is 3. The fraction of sp³-hybridized carbons (Fsp3) is 0.355. The van der Waals surface area contributed by atoms with E-state index in [2.05, 4.69) is 10.0 Å². The smallest absolute Gasteiger partial charge is 0.453 e. The number of nitrogens with two attached hydrogens (primary N) is 1. The number of hydrogen-bond donors (Lipinski definition) is 2. The monoisotopic (exact) mass is 727 g/mol. The van der Waals surface area contributed by atoms with Gasteiger partial charge >= 0.3 is 19.9 Å². The Labute approximate surface area is 285 Å². The molecule has 0 aliphatic rings. The van der Waals surface area contributed by atoms with Crippen LogP contribution in [-0.4, -0.2) is 76.8 Å². The van der Waals surface area contributed by atoms with Crippen LogP contribution in [0.25, 0.3) is 0 Å². The zero-order valence-electron chi connectivity index (χ0n) is 26.9. The number of nitrogens with zero attached hydrogens (tertiary/aromatic N) is 3. The van der Waals surface area contributed by atoms with Gasteiger partial charge in [0.05, 0.1) is 39.6 Å². The molecule has 3 aromatic carbocycles. The van der Waals surface area contributed by atoms with Gasteiger partial charge in [-0.15, -0.1) is 0 Å². The molecule has 1 unspecified atom stereocenters. The van der Waals surface area contributed by atoms with Gasteiger partial charge in [-0.3, -0.25) is 4.90 Å². The summed E-state index contributed by atoms with van der Waals surface area (Å²) in [6.07, 6.45) is -5.97. The largest absolute Gasteiger partial charge is 0.542 e. The number of nitrogens with one attached hydrogen (secondary N) is 1. The number of nitrogen functional groups attached to an aromatic ring is 1. The van der Waals surface area contributed by atoms with Crippen molar-refractivity contribution >= 4 is 31.0 Å². The second kappa shape index (κ2) is 21.9. The lowest BCUT2D eigenvalue weighted by molar-refractivity contribution is -0.344. The number of carboxylic acids is 1. The van der Waals surface area contributed by atoms with Crippen LogP contribution in [0.4, 0.5) is 29.3 Å². The maximum Gasteiger partial charge on any atom is 0.453 e. The Morgan fingerprint density at radius 3 is 1.72 bits per heavy atom. The molecule has 0 bridgehead atoms. The number of anilines is 2. The molecule has 3 rings (SSSR count). The number of carboxylic acid groups (broad SMARTS) is 1. The Kier molecular flexibility index (Phi) is 18.0. The number of rotatable bonds is 19. The number of hydrogen-bond acceptors (Lipinski definition) is 13. The normalized spacial score (nSPS) is 11.6. The van der Waals surface area contributed by atoms with Crippen LogP contribution < -0.4 is 29.7 Å². The van der Waals surface area contributed by atoms with Gasteiger partial charge in [0, 0.05) is 11.4 Å². The van der Waals surface area contributed by atoms with E-state index in [0.717, 1.165) is 0 Å². The molecule has 1 amide bonds. The topological polar surface area (TPSA) is 209 Å². The highest BCUT2D eigenvalue weighted by Crippen LogP contribution is 2.54. The van der Waals surface area contributed by atoms with Crippen LogP contribution in [0.5, 0.6) is 11.5 Å². The molecule has 1 atom stereocenters. The van der Waals surface area contributed by atoms with Crippen molar-refractivity contribution in [2.75, 3.05) is 63.4 Å². The van der Waals surface area contributed by atoms with Crippen LogP contribution in [-0.2, 0) is 28.3 Å². The number of carbonyl (C=O) groups is 2. The number of amides is 1. The first-order valence-electron chi connectivity index (χ1n) is 14.8. The SMILES string of the molecule is CC(N(C(=O)OCCOCCOCCOCCN=[N+]=N)c1ccc(N)cc1)P(=O)(Oc1ccccc1)Oc1ccccc1.O=C([O-])C(F)(F)F. The van der Waals surface area contributed by atoms with Gasteiger partial charge in [-0.1, -0.05) is 36.4 Å². The molecule has 0 aromatic heterocycles. The fourth-order valence-electron chi connectivity index (χ4n) is 3.63. The number of ether oxygens (including phenoxy) is 4. The van der Waals surface area contributed by atoms with Gasteiger partial charge in [0.15, 0.2) is 5.78 Å². The van der Waals surface area contributed by atoms with Crippen molar-refractivity contribution in [1.82, 2.24) is 4.91 Å². The van der Waals surface area contributed by atoms with E-state index in [1.807, 2.05) is 0 Å². The van der Waals surface area contributed by atoms with Gasteiger partial charge in [0.1, 0.15) is 41.3 Å². The van der Waals surface area contributed by atoms with E-state index in [1.165, 1.54) is 4.90 Å². The molecule has 0 saturated carbocycles. The number of aliphatic carboxylic acids is 1. The standard InChI is InChI=1S/C29H37N5O8P.C2HF3O2/c1-24(43(36,41-27-8-4-2-5-9-27)42-28-10-6-3-7-11-28)34(26-14-12-25(30)13-15-26)29(35)40-23-22-39-21-20-38-19-18-37-17-16-32-33-31;3-2(4,5)1(6)7/h2-15,24,31H,16-23,30H2,1H3;(H,6,7)/q+1;/p-1. The summed E-state index contributed by atoms with van der Waals surface area (Å²) in [7, 11) is -4.10. The van der Waals surface area contributed by atoms with Crippen molar-refractivity contribution in [3.8, 4) is 11.5 Å². The molecule has 3 N–H and O–H groups in total. The highest BCUT2D eigenvalue weighted by molar-refractivity contribution is 7.55. The minimum atomic E-state index is -5.19. The predicted octanol–water partition coefficient (Wildman–Crippen LogP) is 4.81. The van der Waals surface area contributed by atoms with Crippen molar-refractivity contribution in [1.29, 1.82) is 5.53 Å². The maximum absolute atomic E-state index is 14.4. The van der Waals surface area contributed by atoms with E-state index in [9.17, 15) is 22.5 Å². The lowest BCUT2D eigenvalue weighted by Crippen LogP contribution is -2.41. The average Bonchev–Trinajstić information content (AvgIpc) is 3.08. The molecule has 19 heteroatoms. The van der Waals surface area contributed by atoms with E-state index >= 15 is 0 Å². The van der Waals surface area contributed by atoms with Crippen molar-refractivity contribution in [3.63, 3.8) is 0 Å². The Bertz CT molecular complexity index is 1490. The Morgan fingerprint density at radius 1 is 0.840 bits per heavy atom. The lowest BCUT2D eigenvalue weighted by Gasteiger charge is -2.33. The molecular weight excluding hydrogens is 690 g/mol. The summed E-state index contributed by atoms with van der Waals surface area (Å²) >= 11 is 0. The molecule has 0 heterocycles. The molecule has 0 saturated heterocycles. The van der Waals surface area contributed by atoms with Gasteiger partial charge < -0.3 is 43.6 Å². The van der Waals surface area contributed by atoms with Gasteiger partial charge in [0.25, 0.3) is 0 Å². The van der Waals surface area contributed by atoms with Crippen LogP contribution in [0.2, 0.25) is 0 Å². The van der Waals surface area contributed by atoms with Gasteiger partial charge in [-0.25, -0.2) is 9.36 Å². The third-order valence-corrected chi connectivity index (χ3v) is 8.06. The number of carbonyl (C=O) groups excluding carboxylic acids is 2. The molecule has 0 radical (unpaired) electrons. The molecule has 50 heavy (non-hydrogen) atoms. The van der Waals surface area contributed by atoms with E-state index in [0.29, 0.717) is 55.8 Å². The number of halogens is 3. The number of para-hydroxylation sites is 2. The van der Waals surface area contributed by atoms with Crippen LogP contribution in [0.3, 0.4) is 0 Å². The predicted molar refractivity (Wildman–Crippen MR) is 172 cm³/mol. The minimum absolute atomic E-state index is 0.0614. The molecule has 3 aromatic rings. The summed E-state index contributed by atoms with van der Waals surface area (Å²) in [5, 5.41) is 12.3. The van der Waals surface area contributed by atoms with Crippen molar-refractivity contribution < 1.29 is 60.4 Å². The zero-order valence-corrected chi connectivity index (χ0v) is 27.8. The van der Waals surface area contributed by atoms with Crippen molar-refractivity contribution in [3.05, 3.63) is 84.9 Å². The summed E-state index contributed by atoms with van der Waals surface area (Å²) in [6, 6.07) is 23.7. The van der Waals surface area contributed by atoms with Crippen LogP contribution in [0.1, 0.15) is 6.92 Å². The van der Waals surface area contributed by atoms with Crippen LogP contribution >= 0.6 is 7.60 Å². The van der Waals surface area contributed by atoms with Crippen LogP contribution in [0, 0.1) is 5.53 Å². The van der Waals surface area contributed by atoms with E-state index in [1.54, 1.807) is 91.9 Å². The van der Waals surface area contributed by atoms with Crippen molar-refractivity contribution in [2.24, 2.45) is 5.11 Å². The quantitative estimate of drug-likeness (QED) is 0.0563. The molecule has 0 aliphatic heterocycles. The average molecular weight is 728 g/mol. The molecule has 0 fully saturated rings. The Hall–Kier alpha value is -4.99. The summed E-state index contributed by atoms with van der Waals surface area (Å²) < 4.78 is 79.6. The molecule has 272 valence electrons. The Morgan fingerprint density at radius 2 is 1.28 bits per heavy atom. The molecule has 0 spiro atoms. The first-order valence-corrected chi connectivity index (χ1v) is 16.4. The first-order chi connectivity index (χ1) is 23.9. The highest BCUT2D eigenvalue weighted by atomic mass is 31.2. The summed E-state index contributed by atoms with van der Waals surface area (Å²) in [6.45, 7) is 3.70. The Balaban J connectivity index is 0.00000112. The molecular formula is C31H37F3N5O10P. The highest BCUT2D eigenvalue weighted by Gasteiger charge is 2.43. The van der Waals surface area contributed by atoms with Crippen molar-refractivity contribution in [2.45, 2.75) is 18.9 Å². The van der Waals surface area contributed by atoms with E-state index in [-0.39, 0.29) is 19.8 Å². The maximum atomic E-state index is 14.4. The fourth-order valence-corrected chi connectivity index (χ4v) is 5.32. The second-order valence-corrected chi connectivity index (χ2v) is 11.8. The minimum Gasteiger partial charge on any atom is -0.542 e. The molecule has 15 nitrogen and oxygen atoms in total. The summed E-state index contributed by atoms with van der Waals surface area (Å²) in [5.74, 6) is -3.49. The van der Waals surface area contributed by atoms with Gasteiger partial charge in [0.2, 0.25) is 4.91 Å².